The minimum atomic E-state index is -0.323. The molecule has 0 radical (unpaired) electrons. The minimum absolute atomic E-state index is 0.0554. The van der Waals surface area contributed by atoms with Gasteiger partial charge in [0.1, 0.15) is 10.7 Å². The van der Waals surface area contributed by atoms with E-state index in [9.17, 15) is 9.59 Å². The number of nitrogens with one attached hydrogen (secondary N) is 1. The van der Waals surface area contributed by atoms with Crippen LogP contribution in [0.2, 0.25) is 0 Å². The molecular formula is C14H14ClNO3. The van der Waals surface area contributed by atoms with Crippen LogP contribution in [0.4, 0.5) is 0 Å². The van der Waals surface area contributed by atoms with Crippen LogP contribution in [-0.4, -0.2) is 31.3 Å². The SMILES string of the molecule is CCOCCNC1=C(Cl)C(=O)c2ccccc2C1=O. The van der Waals surface area contributed by atoms with Crippen LogP contribution in [0, 0.1) is 0 Å². The normalized spacial score (nSPS) is 14.6. The lowest BCUT2D eigenvalue weighted by Gasteiger charge is -2.18. The lowest BCUT2D eigenvalue weighted by atomic mass is 9.92. The molecule has 1 aromatic rings. The van der Waals surface area contributed by atoms with Gasteiger partial charge in [-0.05, 0) is 6.92 Å². The van der Waals surface area contributed by atoms with E-state index >= 15 is 0 Å². The summed E-state index contributed by atoms with van der Waals surface area (Å²) in [5.41, 5.74) is 0.897. The fourth-order valence-electron chi connectivity index (χ4n) is 1.90. The highest BCUT2D eigenvalue weighted by Crippen LogP contribution is 2.26. The van der Waals surface area contributed by atoms with E-state index in [1.54, 1.807) is 24.3 Å². The molecule has 0 heterocycles. The Hall–Kier alpha value is -1.65. The highest BCUT2D eigenvalue weighted by molar-refractivity contribution is 6.49. The molecule has 1 aromatic carbocycles. The molecule has 0 aromatic heterocycles. The van der Waals surface area contributed by atoms with Crippen LogP contribution in [0.25, 0.3) is 0 Å². The number of ketones is 2. The Balaban J connectivity index is 2.22. The average molecular weight is 280 g/mol. The minimum Gasteiger partial charge on any atom is -0.380 e. The van der Waals surface area contributed by atoms with E-state index in [0.717, 1.165) is 0 Å². The van der Waals surface area contributed by atoms with Crippen molar-refractivity contribution in [3.63, 3.8) is 0 Å². The molecule has 0 atom stereocenters. The average Bonchev–Trinajstić information content (AvgIpc) is 2.44. The number of allylic oxidation sites excluding steroid dienone is 2. The molecule has 1 aliphatic carbocycles. The van der Waals surface area contributed by atoms with Gasteiger partial charge in [-0.15, -0.1) is 0 Å². The maximum atomic E-state index is 12.2. The smallest absolute Gasteiger partial charge is 0.211 e. The van der Waals surface area contributed by atoms with Crippen LogP contribution in [-0.2, 0) is 4.74 Å². The van der Waals surface area contributed by atoms with Crippen LogP contribution < -0.4 is 5.32 Å². The molecule has 5 heteroatoms. The first-order valence-corrected chi connectivity index (χ1v) is 6.44. The van der Waals surface area contributed by atoms with Crippen molar-refractivity contribution in [2.45, 2.75) is 6.92 Å². The first kappa shape index (κ1) is 13.8. The summed E-state index contributed by atoms with van der Waals surface area (Å²) in [5.74, 6) is -0.576. The molecule has 19 heavy (non-hydrogen) atoms. The lowest BCUT2D eigenvalue weighted by molar-refractivity contribution is 0.0971. The second kappa shape index (κ2) is 5.99. The number of halogens is 1. The summed E-state index contributed by atoms with van der Waals surface area (Å²) in [7, 11) is 0. The Morgan fingerprint density at radius 2 is 1.79 bits per heavy atom. The van der Waals surface area contributed by atoms with Crippen molar-refractivity contribution in [1.29, 1.82) is 0 Å². The zero-order valence-corrected chi connectivity index (χ0v) is 11.3. The predicted octanol–water partition coefficient (Wildman–Crippen LogP) is 2.14. The van der Waals surface area contributed by atoms with Crippen molar-refractivity contribution in [2.24, 2.45) is 0 Å². The monoisotopic (exact) mass is 279 g/mol. The number of carbonyl (C=O) groups is 2. The third-order valence-electron chi connectivity index (χ3n) is 2.81. The van der Waals surface area contributed by atoms with Crippen molar-refractivity contribution in [1.82, 2.24) is 5.32 Å². The second-order valence-corrected chi connectivity index (χ2v) is 4.39. The van der Waals surface area contributed by atoms with E-state index < -0.39 is 0 Å². The predicted molar refractivity (Wildman–Crippen MR) is 72.5 cm³/mol. The molecule has 0 aliphatic heterocycles. The molecule has 0 spiro atoms. The summed E-state index contributed by atoms with van der Waals surface area (Å²) in [6, 6.07) is 6.67. The van der Waals surface area contributed by atoms with Gasteiger partial charge in [0.2, 0.25) is 11.6 Å². The Morgan fingerprint density at radius 3 is 2.42 bits per heavy atom. The first-order valence-electron chi connectivity index (χ1n) is 6.06. The van der Waals surface area contributed by atoms with Crippen LogP contribution in [0.15, 0.2) is 35.0 Å². The molecule has 1 aliphatic rings. The zero-order chi connectivity index (χ0) is 13.8. The van der Waals surface area contributed by atoms with Crippen molar-refractivity contribution >= 4 is 23.2 Å². The summed E-state index contributed by atoms with van der Waals surface area (Å²) in [6.45, 7) is 3.37. The number of carbonyl (C=O) groups excluding carboxylic acids is 2. The summed E-state index contributed by atoms with van der Waals surface area (Å²) in [6.07, 6.45) is 0. The number of rotatable bonds is 5. The van der Waals surface area contributed by atoms with Gasteiger partial charge >= 0.3 is 0 Å². The third kappa shape index (κ3) is 2.69. The van der Waals surface area contributed by atoms with Crippen molar-refractivity contribution < 1.29 is 14.3 Å². The molecule has 0 unspecified atom stereocenters. The van der Waals surface area contributed by atoms with E-state index in [-0.39, 0.29) is 22.3 Å². The van der Waals surface area contributed by atoms with Crippen molar-refractivity contribution in [3.05, 3.63) is 46.1 Å². The number of benzene rings is 1. The maximum absolute atomic E-state index is 12.2. The van der Waals surface area contributed by atoms with Crippen LogP contribution in [0.5, 0.6) is 0 Å². The quantitative estimate of drug-likeness (QED) is 0.839. The molecule has 0 amide bonds. The number of ether oxygens (including phenoxy) is 1. The largest absolute Gasteiger partial charge is 0.380 e. The summed E-state index contributed by atoms with van der Waals surface area (Å²) in [5, 5.41) is 2.82. The molecule has 100 valence electrons. The Bertz CT molecular complexity index is 551. The Labute approximate surface area is 116 Å². The van der Waals surface area contributed by atoms with Gasteiger partial charge in [0.15, 0.2) is 0 Å². The fraction of sp³-hybridized carbons (Fsp3) is 0.286. The molecule has 0 bridgehead atoms. The Kier molecular flexibility index (Phi) is 4.35. The number of Topliss-reactive ketones (excluding diaryl/α,β-unsaturated/α-hetero) is 2. The Morgan fingerprint density at radius 1 is 1.16 bits per heavy atom. The van der Waals surface area contributed by atoms with E-state index in [1.807, 2.05) is 6.92 Å². The summed E-state index contributed by atoms with van der Waals surface area (Å²) in [4.78, 5) is 24.3. The lowest BCUT2D eigenvalue weighted by Crippen LogP contribution is -2.31. The van der Waals surface area contributed by atoms with E-state index in [0.29, 0.717) is 30.9 Å². The van der Waals surface area contributed by atoms with Gasteiger partial charge in [0.25, 0.3) is 0 Å². The highest BCUT2D eigenvalue weighted by Gasteiger charge is 2.30. The van der Waals surface area contributed by atoms with Gasteiger partial charge in [-0.3, -0.25) is 9.59 Å². The topological polar surface area (TPSA) is 55.4 Å². The summed E-state index contributed by atoms with van der Waals surface area (Å²) >= 11 is 5.97. The molecule has 1 N–H and O–H groups in total. The van der Waals surface area contributed by atoms with Gasteiger partial charge in [0.05, 0.1) is 6.61 Å². The van der Waals surface area contributed by atoms with Gasteiger partial charge in [-0.1, -0.05) is 35.9 Å². The zero-order valence-electron chi connectivity index (χ0n) is 10.5. The van der Waals surface area contributed by atoms with Crippen LogP contribution in [0.3, 0.4) is 0 Å². The molecule has 0 fully saturated rings. The molecular weight excluding hydrogens is 266 g/mol. The van der Waals surface area contributed by atoms with Gasteiger partial charge in [-0.25, -0.2) is 0 Å². The number of fused-ring (bicyclic) bond motifs is 1. The van der Waals surface area contributed by atoms with E-state index in [2.05, 4.69) is 5.32 Å². The van der Waals surface area contributed by atoms with Gasteiger partial charge < -0.3 is 10.1 Å². The number of hydrogen-bond donors (Lipinski definition) is 1. The van der Waals surface area contributed by atoms with E-state index in [4.69, 9.17) is 16.3 Å². The maximum Gasteiger partial charge on any atom is 0.211 e. The van der Waals surface area contributed by atoms with E-state index in [1.165, 1.54) is 0 Å². The van der Waals surface area contributed by atoms with Gasteiger partial charge in [-0.2, -0.15) is 0 Å². The highest BCUT2D eigenvalue weighted by atomic mass is 35.5. The molecule has 0 saturated carbocycles. The second-order valence-electron chi connectivity index (χ2n) is 4.02. The number of hydrogen-bond acceptors (Lipinski definition) is 4. The van der Waals surface area contributed by atoms with Crippen molar-refractivity contribution in [2.75, 3.05) is 19.8 Å². The van der Waals surface area contributed by atoms with Gasteiger partial charge in [0, 0.05) is 24.3 Å². The third-order valence-corrected chi connectivity index (χ3v) is 3.18. The molecule has 2 rings (SSSR count). The fourth-order valence-corrected chi connectivity index (χ4v) is 2.15. The van der Waals surface area contributed by atoms with Crippen molar-refractivity contribution in [3.8, 4) is 0 Å². The molecule has 0 saturated heterocycles. The summed E-state index contributed by atoms with van der Waals surface area (Å²) < 4.78 is 5.17. The van der Waals surface area contributed by atoms with Crippen LogP contribution >= 0.6 is 11.6 Å². The van der Waals surface area contributed by atoms with Crippen LogP contribution in [0.1, 0.15) is 27.6 Å². The standard InChI is InChI=1S/C14H14ClNO3/c1-2-19-8-7-16-12-11(15)13(17)9-5-3-4-6-10(9)14(12)18/h3-6,16H,2,7-8H2,1H3. The first-order chi connectivity index (χ1) is 9.16. The molecule has 4 nitrogen and oxygen atoms in total.